The van der Waals surface area contributed by atoms with Crippen molar-refractivity contribution in [3.05, 3.63) is 67.1 Å². The zero-order valence-corrected chi connectivity index (χ0v) is 11.4. The van der Waals surface area contributed by atoms with Crippen LogP contribution in [0.4, 0.5) is 4.39 Å². The van der Waals surface area contributed by atoms with Gasteiger partial charge in [0.2, 0.25) is 0 Å². The van der Waals surface area contributed by atoms with E-state index in [0.717, 1.165) is 16.8 Å². The molecule has 4 aromatic rings. The third-order valence-electron chi connectivity index (χ3n) is 3.35. The first-order chi connectivity index (χ1) is 10.8. The molecule has 0 saturated carbocycles. The van der Waals surface area contributed by atoms with E-state index in [0.29, 0.717) is 11.3 Å². The lowest BCUT2D eigenvalue weighted by atomic mass is 10.1. The number of nitrogens with zero attached hydrogens (tertiary/aromatic N) is 5. The number of benzene rings is 1. The number of aromatic nitrogens is 5. The first-order valence-electron chi connectivity index (χ1n) is 6.68. The summed E-state index contributed by atoms with van der Waals surface area (Å²) in [5, 5.41) is 4.56. The highest BCUT2D eigenvalue weighted by Crippen LogP contribution is 2.32. The number of rotatable bonds is 2. The molecule has 106 valence electrons. The molecule has 0 saturated heterocycles. The van der Waals surface area contributed by atoms with Crippen LogP contribution in [0.15, 0.2) is 61.3 Å². The van der Waals surface area contributed by atoms with Gasteiger partial charge in [-0.15, -0.1) is 0 Å². The van der Waals surface area contributed by atoms with E-state index in [4.69, 9.17) is 0 Å². The largest absolute Gasteiger partial charge is 0.245 e. The van der Waals surface area contributed by atoms with Crippen LogP contribution in [0.5, 0.6) is 0 Å². The molecule has 0 atom stereocenters. The Labute approximate surface area is 125 Å². The molecule has 3 aromatic heterocycles. The van der Waals surface area contributed by atoms with Gasteiger partial charge in [-0.3, -0.25) is 0 Å². The average molecular weight is 291 g/mol. The SMILES string of the molecule is Fc1ccc(-c2nn3cccnc3c2-c2ccncn2)cc1. The molecule has 1 aromatic carbocycles. The molecule has 4 rings (SSSR count). The standard InChI is InChI=1S/C16H10FN5/c17-12-4-2-11(3-5-12)15-14(13-6-8-18-10-20-13)16-19-7-1-9-22(16)21-15/h1-10H. The molecule has 0 radical (unpaired) electrons. The van der Waals surface area contributed by atoms with Crippen LogP contribution in [0.1, 0.15) is 0 Å². The van der Waals surface area contributed by atoms with Crippen LogP contribution >= 0.6 is 0 Å². The van der Waals surface area contributed by atoms with Crippen molar-refractivity contribution in [3.8, 4) is 22.5 Å². The number of hydrogen-bond donors (Lipinski definition) is 0. The summed E-state index contributed by atoms with van der Waals surface area (Å²) in [5.74, 6) is -0.283. The lowest BCUT2D eigenvalue weighted by Crippen LogP contribution is -1.89. The highest BCUT2D eigenvalue weighted by atomic mass is 19.1. The average Bonchev–Trinajstić information content (AvgIpc) is 2.96. The lowest BCUT2D eigenvalue weighted by molar-refractivity contribution is 0.628. The van der Waals surface area contributed by atoms with E-state index in [1.165, 1.54) is 18.5 Å². The Morgan fingerprint density at radius 1 is 0.955 bits per heavy atom. The fourth-order valence-corrected chi connectivity index (χ4v) is 2.37. The number of fused-ring (bicyclic) bond motifs is 1. The molecule has 22 heavy (non-hydrogen) atoms. The van der Waals surface area contributed by atoms with Crippen LogP contribution in [0, 0.1) is 5.82 Å². The second-order valence-electron chi connectivity index (χ2n) is 4.71. The van der Waals surface area contributed by atoms with Gasteiger partial charge in [-0.25, -0.2) is 23.9 Å². The third kappa shape index (κ3) is 2.01. The summed E-state index contributed by atoms with van der Waals surface area (Å²) in [6.45, 7) is 0. The molecule has 0 amide bonds. The molecule has 3 heterocycles. The molecule has 0 unspecified atom stereocenters. The first kappa shape index (κ1) is 12.6. The van der Waals surface area contributed by atoms with Crippen molar-refractivity contribution in [3.63, 3.8) is 0 Å². The number of halogens is 1. The molecular weight excluding hydrogens is 281 g/mol. The Bertz CT molecular complexity index is 932. The van der Waals surface area contributed by atoms with E-state index in [1.54, 1.807) is 41.2 Å². The molecule has 0 aliphatic carbocycles. The molecule has 0 aliphatic rings. The van der Waals surface area contributed by atoms with Gasteiger partial charge in [-0.05, 0) is 36.4 Å². The summed E-state index contributed by atoms with van der Waals surface area (Å²) in [5.41, 5.74) is 3.73. The molecule has 0 aliphatic heterocycles. The van der Waals surface area contributed by atoms with Crippen molar-refractivity contribution < 1.29 is 4.39 Å². The second kappa shape index (κ2) is 5.00. The topological polar surface area (TPSA) is 56.0 Å². The first-order valence-corrected chi connectivity index (χ1v) is 6.68. The fourth-order valence-electron chi connectivity index (χ4n) is 2.37. The third-order valence-corrected chi connectivity index (χ3v) is 3.35. The molecule has 6 heteroatoms. The van der Waals surface area contributed by atoms with Gasteiger partial charge in [0.05, 0.1) is 11.3 Å². The zero-order valence-electron chi connectivity index (χ0n) is 11.4. The molecule has 0 N–H and O–H groups in total. The van der Waals surface area contributed by atoms with Gasteiger partial charge in [0.25, 0.3) is 0 Å². The normalized spacial score (nSPS) is 11.0. The van der Waals surface area contributed by atoms with E-state index in [-0.39, 0.29) is 5.82 Å². The summed E-state index contributed by atoms with van der Waals surface area (Å²) in [7, 11) is 0. The van der Waals surface area contributed by atoms with Crippen molar-refractivity contribution in [2.24, 2.45) is 0 Å². The van der Waals surface area contributed by atoms with Gasteiger partial charge in [0.15, 0.2) is 5.65 Å². The Hall–Kier alpha value is -3.15. The van der Waals surface area contributed by atoms with Crippen LogP contribution < -0.4 is 0 Å². The van der Waals surface area contributed by atoms with Crippen molar-refractivity contribution in [1.82, 2.24) is 24.6 Å². The summed E-state index contributed by atoms with van der Waals surface area (Å²) >= 11 is 0. The van der Waals surface area contributed by atoms with Gasteiger partial charge >= 0.3 is 0 Å². The summed E-state index contributed by atoms with van der Waals surface area (Å²) in [6.07, 6.45) is 6.68. The Morgan fingerprint density at radius 2 is 1.82 bits per heavy atom. The quantitative estimate of drug-likeness (QED) is 0.569. The molecule has 0 bridgehead atoms. The minimum absolute atomic E-state index is 0.283. The van der Waals surface area contributed by atoms with Crippen LogP contribution in [-0.4, -0.2) is 24.6 Å². The minimum Gasteiger partial charge on any atom is -0.245 e. The van der Waals surface area contributed by atoms with Gasteiger partial charge in [-0.2, -0.15) is 5.10 Å². The van der Waals surface area contributed by atoms with Crippen molar-refractivity contribution in [2.45, 2.75) is 0 Å². The van der Waals surface area contributed by atoms with E-state index in [1.807, 2.05) is 6.20 Å². The van der Waals surface area contributed by atoms with Crippen LogP contribution in [-0.2, 0) is 0 Å². The van der Waals surface area contributed by atoms with Gasteiger partial charge in [0, 0.05) is 24.2 Å². The van der Waals surface area contributed by atoms with Gasteiger partial charge < -0.3 is 0 Å². The van der Waals surface area contributed by atoms with E-state index < -0.39 is 0 Å². The van der Waals surface area contributed by atoms with Crippen molar-refractivity contribution in [2.75, 3.05) is 0 Å². The Balaban J connectivity index is 2.04. The van der Waals surface area contributed by atoms with E-state index in [2.05, 4.69) is 20.1 Å². The van der Waals surface area contributed by atoms with Crippen LogP contribution in [0.2, 0.25) is 0 Å². The smallest absolute Gasteiger partial charge is 0.165 e. The van der Waals surface area contributed by atoms with Crippen molar-refractivity contribution in [1.29, 1.82) is 0 Å². The Kier molecular flexibility index (Phi) is 2.86. The maximum atomic E-state index is 13.2. The lowest BCUT2D eigenvalue weighted by Gasteiger charge is -2.02. The van der Waals surface area contributed by atoms with Gasteiger partial charge in [0.1, 0.15) is 17.8 Å². The summed E-state index contributed by atoms with van der Waals surface area (Å²) in [6, 6.07) is 9.83. The monoisotopic (exact) mass is 291 g/mol. The predicted molar refractivity (Wildman–Crippen MR) is 79.4 cm³/mol. The van der Waals surface area contributed by atoms with Gasteiger partial charge in [-0.1, -0.05) is 0 Å². The molecule has 0 spiro atoms. The summed E-state index contributed by atoms with van der Waals surface area (Å²) in [4.78, 5) is 12.6. The van der Waals surface area contributed by atoms with E-state index in [9.17, 15) is 4.39 Å². The summed E-state index contributed by atoms with van der Waals surface area (Å²) < 4.78 is 14.9. The maximum absolute atomic E-state index is 13.2. The maximum Gasteiger partial charge on any atom is 0.165 e. The second-order valence-corrected chi connectivity index (χ2v) is 4.71. The Morgan fingerprint density at radius 3 is 2.59 bits per heavy atom. The predicted octanol–water partition coefficient (Wildman–Crippen LogP) is 2.99. The number of hydrogen-bond acceptors (Lipinski definition) is 4. The van der Waals surface area contributed by atoms with Crippen molar-refractivity contribution >= 4 is 5.65 Å². The highest BCUT2D eigenvalue weighted by molar-refractivity contribution is 5.88. The molecule has 0 fully saturated rings. The van der Waals surface area contributed by atoms with E-state index >= 15 is 0 Å². The van der Waals surface area contributed by atoms with Crippen LogP contribution in [0.3, 0.4) is 0 Å². The fraction of sp³-hybridized carbons (Fsp3) is 0. The highest BCUT2D eigenvalue weighted by Gasteiger charge is 2.18. The molecule has 5 nitrogen and oxygen atoms in total. The van der Waals surface area contributed by atoms with Crippen LogP contribution in [0.25, 0.3) is 28.2 Å². The molecular formula is C16H10FN5. The minimum atomic E-state index is -0.283. The zero-order chi connectivity index (χ0) is 14.9.